The van der Waals surface area contributed by atoms with Crippen molar-refractivity contribution in [3.05, 3.63) is 35.3 Å². The quantitative estimate of drug-likeness (QED) is 0.894. The molecule has 1 aromatic carbocycles. The van der Waals surface area contributed by atoms with Crippen LogP contribution in [-0.2, 0) is 0 Å². The third kappa shape index (κ3) is 4.12. The summed E-state index contributed by atoms with van der Waals surface area (Å²) in [5.74, 6) is -0.298. The molecule has 1 fully saturated rings. The first-order chi connectivity index (χ1) is 12.5. The number of pyridine rings is 1. The van der Waals surface area contributed by atoms with Crippen LogP contribution in [0.15, 0.2) is 18.3 Å². The van der Waals surface area contributed by atoms with E-state index in [4.69, 9.17) is 0 Å². The molecule has 26 heavy (non-hydrogen) atoms. The van der Waals surface area contributed by atoms with Crippen LogP contribution >= 0.6 is 0 Å². The number of anilines is 1. The maximum Gasteiger partial charge on any atom is 0.124 e. The smallest absolute Gasteiger partial charge is 0.124 e. The van der Waals surface area contributed by atoms with E-state index in [1.54, 1.807) is 6.20 Å². The van der Waals surface area contributed by atoms with Gasteiger partial charge in [-0.2, -0.15) is 5.26 Å². The fraction of sp³-hybridized carbons (Fsp3) is 0.500. The highest BCUT2D eigenvalue weighted by Crippen LogP contribution is 2.30. The minimum absolute atomic E-state index is 0.284. The second-order valence-corrected chi connectivity index (χ2v) is 7.34. The summed E-state index contributed by atoms with van der Waals surface area (Å²) in [4.78, 5) is 9.03. The summed E-state index contributed by atoms with van der Waals surface area (Å²) < 4.78 is 13.9. The van der Waals surface area contributed by atoms with Crippen LogP contribution in [0.2, 0.25) is 0 Å². The molecule has 0 spiro atoms. The van der Waals surface area contributed by atoms with Gasteiger partial charge in [-0.3, -0.25) is 4.98 Å². The van der Waals surface area contributed by atoms with Crippen molar-refractivity contribution < 1.29 is 4.39 Å². The topological polar surface area (TPSA) is 55.2 Å². The number of rotatable bonds is 5. The molecule has 3 rings (SSSR count). The van der Waals surface area contributed by atoms with Gasteiger partial charge in [-0.1, -0.05) is 0 Å². The molecule has 1 N–H and O–H groups in total. The predicted molar refractivity (Wildman–Crippen MR) is 103 cm³/mol. The molecule has 2 heterocycles. The maximum atomic E-state index is 13.9. The number of hydrogen-bond acceptors (Lipinski definition) is 5. The highest BCUT2D eigenvalue weighted by atomic mass is 19.1. The van der Waals surface area contributed by atoms with Gasteiger partial charge in [0.15, 0.2) is 0 Å². The second kappa shape index (κ2) is 7.98. The van der Waals surface area contributed by atoms with Crippen LogP contribution in [0.4, 0.5) is 10.1 Å². The summed E-state index contributed by atoms with van der Waals surface area (Å²) in [5.41, 5.74) is 2.71. The van der Waals surface area contributed by atoms with E-state index in [1.165, 1.54) is 12.1 Å². The molecule has 1 aliphatic heterocycles. The lowest BCUT2D eigenvalue weighted by Gasteiger charge is -2.33. The highest BCUT2D eigenvalue weighted by Gasteiger charge is 2.21. The van der Waals surface area contributed by atoms with Crippen molar-refractivity contribution in [3.8, 4) is 6.07 Å². The molecule has 1 aliphatic rings. The summed E-state index contributed by atoms with van der Waals surface area (Å²) in [7, 11) is 4.18. The van der Waals surface area contributed by atoms with E-state index in [-0.39, 0.29) is 11.9 Å². The molecule has 0 bridgehead atoms. The lowest BCUT2D eigenvalue weighted by atomic mass is 10.0. The summed E-state index contributed by atoms with van der Waals surface area (Å²) in [6, 6.07) is 5.44. The molecule has 1 saturated heterocycles. The first-order valence-corrected chi connectivity index (χ1v) is 9.10. The number of hydrogen-bond donors (Lipinski definition) is 1. The van der Waals surface area contributed by atoms with Gasteiger partial charge in [-0.25, -0.2) is 4.39 Å². The number of aromatic nitrogens is 1. The number of aryl methyl sites for hydroxylation is 1. The van der Waals surface area contributed by atoms with Crippen LogP contribution in [0.3, 0.4) is 0 Å². The minimum atomic E-state index is -0.298. The summed E-state index contributed by atoms with van der Waals surface area (Å²) in [6.45, 7) is 6.04. The van der Waals surface area contributed by atoms with Crippen LogP contribution in [-0.4, -0.2) is 61.1 Å². The van der Waals surface area contributed by atoms with Crippen LogP contribution in [0.25, 0.3) is 10.9 Å². The number of benzene rings is 1. The average molecular weight is 355 g/mol. The monoisotopic (exact) mass is 355 g/mol. The molecule has 1 aromatic heterocycles. The molecule has 0 radical (unpaired) electrons. The molecule has 0 aliphatic carbocycles. The maximum absolute atomic E-state index is 13.9. The Hall–Kier alpha value is -2.23. The number of fused-ring (bicyclic) bond motifs is 1. The van der Waals surface area contributed by atoms with Crippen LogP contribution in [0, 0.1) is 24.1 Å². The number of nitrogens with one attached hydrogen (secondary N) is 1. The van der Waals surface area contributed by atoms with Crippen molar-refractivity contribution in [1.82, 2.24) is 14.8 Å². The van der Waals surface area contributed by atoms with E-state index >= 15 is 0 Å². The number of nitrogens with zero attached hydrogens (tertiary/aromatic N) is 4. The summed E-state index contributed by atoms with van der Waals surface area (Å²) in [6.07, 6.45) is 3.61. The van der Waals surface area contributed by atoms with Crippen LogP contribution < -0.4 is 5.32 Å². The summed E-state index contributed by atoms with van der Waals surface area (Å²) >= 11 is 0. The van der Waals surface area contributed by atoms with Crippen LogP contribution in [0.1, 0.15) is 24.0 Å². The fourth-order valence-corrected chi connectivity index (χ4v) is 3.52. The van der Waals surface area contributed by atoms with E-state index < -0.39 is 0 Å². The largest absolute Gasteiger partial charge is 0.381 e. The van der Waals surface area contributed by atoms with E-state index in [9.17, 15) is 9.65 Å². The Morgan fingerprint density at radius 1 is 1.35 bits per heavy atom. The molecule has 2 aromatic rings. The Morgan fingerprint density at radius 2 is 2.08 bits per heavy atom. The van der Waals surface area contributed by atoms with Gasteiger partial charge in [0.25, 0.3) is 0 Å². The second-order valence-electron chi connectivity index (χ2n) is 7.34. The molecular formula is C20H26FN5. The summed E-state index contributed by atoms with van der Waals surface area (Å²) in [5, 5.41) is 13.7. The van der Waals surface area contributed by atoms with Gasteiger partial charge in [0.05, 0.1) is 16.8 Å². The minimum Gasteiger partial charge on any atom is -0.381 e. The highest BCUT2D eigenvalue weighted by molar-refractivity contribution is 5.95. The van der Waals surface area contributed by atoms with E-state index in [0.717, 1.165) is 50.1 Å². The van der Waals surface area contributed by atoms with E-state index in [0.29, 0.717) is 16.6 Å². The number of likely N-dealkylation sites (tertiary alicyclic amines) is 1. The van der Waals surface area contributed by atoms with Crippen molar-refractivity contribution in [2.45, 2.75) is 25.8 Å². The zero-order chi connectivity index (χ0) is 18.7. The predicted octanol–water partition coefficient (Wildman–Crippen LogP) is 2.99. The van der Waals surface area contributed by atoms with E-state index in [2.05, 4.69) is 40.3 Å². The molecule has 6 heteroatoms. The first kappa shape index (κ1) is 18.6. The SMILES string of the molecule is Cc1cc(F)cc2c(NC3CCN(CCN(C)C)CC3)c(C#N)cnc12. The zero-order valence-corrected chi connectivity index (χ0v) is 15.7. The Balaban J connectivity index is 1.78. The molecule has 0 unspecified atom stereocenters. The van der Waals surface area contributed by atoms with E-state index in [1.807, 2.05) is 6.92 Å². The van der Waals surface area contributed by atoms with Crippen molar-refractivity contribution in [1.29, 1.82) is 5.26 Å². The van der Waals surface area contributed by atoms with Crippen molar-refractivity contribution in [2.75, 3.05) is 45.6 Å². The Labute approximate surface area is 154 Å². The first-order valence-electron chi connectivity index (χ1n) is 9.10. The molecular weight excluding hydrogens is 329 g/mol. The van der Waals surface area contributed by atoms with Gasteiger partial charge in [0, 0.05) is 43.8 Å². The van der Waals surface area contributed by atoms with Crippen LogP contribution in [0.5, 0.6) is 0 Å². The average Bonchev–Trinajstić information content (AvgIpc) is 2.61. The molecule has 0 atom stereocenters. The molecule has 0 saturated carbocycles. The lowest BCUT2D eigenvalue weighted by Crippen LogP contribution is -2.41. The normalized spacial score (nSPS) is 16.2. The number of piperidine rings is 1. The van der Waals surface area contributed by atoms with Gasteiger partial charge < -0.3 is 15.1 Å². The standard InChI is InChI=1S/C20H26FN5/c1-14-10-16(21)11-18-19(14)23-13-15(12-22)20(18)24-17-4-6-26(7-5-17)9-8-25(2)3/h10-11,13,17H,4-9H2,1-3H3,(H,23,24). The third-order valence-electron chi connectivity index (χ3n) is 5.05. The number of likely N-dealkylation sites (N-methyl/N-ethyl adjacent to an activating group) is 1. The molecule has 138 valence electrons. The fourth-order valence-electron chi connectivity index (χ4n) is 3.52. The van der Waals surface area contributed by atoms with Gasteiger partial charge in [-0.15, -0.1) is 0 Å². The van der Waals surface area contributed by atoms with Crippen molar-refractivity contribution in [2.24, 2.45) is 0 Å². The van der Waals surface area contributed by atoms with Gasteiger partial charge in [0.1, 0.15) is 11.9 Å². The Morgan fingerprint density at radius 3 is 2.73 bits per heavy atom. The Kier molecular flexibility index (Phi) is 5.70. The number of halogens is 1. The van der Waals surface area contributed by atoms with Gasteiger partial charge in [0.2, 0.25) is 0 Å². The van der Waals surface area contributed by atoms with Gasteiger partial charge in [-0.05, 0) is 51.6 Å². The molecule has 0 amide bonds. The number of nitriles is 1. The molecule has 5 nitrogen and oxygen atoms in total. The van der Waals surface area contributed by atoms with Gasteiger partial charge >= 0.3 is 0 Å². The Bertz CT molecular complexity index is 819. The van der Waals surface area contributed by atoms with Crippen molar-refractivity contribution >= 4 is 16.6 Å². The zero-order valence-electron chi connectivity index (χ0n) is 15.7. The lowest BCUT2D eigenvalue weighted by molar-refractivity contribution is 0.199. The third-order valence-corrected chi connectivity index (χ3v) is 5.05. The van der Waals surface area contributed by atoms with Crippen molar-refractivity contribution in [3.63, 3.8) is 0 Å².